The minimum atomic E-state index is -2.62. The summed E-state index contributed by atoms with van der Waals surface area (Å²) in [5, 5.41) is 0. The van der Waals surface area contributed by atoms with Crippen LogP contribution in [0.3, 0.4) is 0 Å². The van der Waals surface area contributed by atoms with Crippen molar-refractivity contribution < 1.29 is 29.0 Å². The molecule has 0 spiro atoms. The monoisotopic (exact) mass is 596 g/mol. The van der Waals surface area contributed by atoms with Crippen LogP contribution >= 0.6 is 17.2 Å². The Hall–Kier alpha value is -0.940. The zero-order valence-corrected chi connectivity index (χ0v) is 28.9. The molecule has 228 valence electrons. The summed E-state index contributed by atoms with van der Waals surface area (Å²) in [5.41, 5.74) is 10.0. The van der Waals surface area contributed by atoms with Crippen molar-refractivity contribution in [2.75, 3.05) is 6.61 Å². The van der Waals surface area contributed by atoms with Gasteiger partial charge in [-0.1, -0.05) is 107 Å². The van der Waals surface area contributed by atoms with Gasteiger partial charge in [-0.05, 0) is 80.0 Å². The highest BCUT2D eigenvalue weighted by Crippen LogP contribution is 2.45. The molecule has 40 heavy (non-hydrogen) atoms. The van der Waals surface area contributed by atoms with E-state index in [1.54, 1.807) is 0 Å². The molecule has 6 nitrogen and oxygen atoms in total. The Labute approximate surface area is 245 Å². The van der Waals surface area contributed by atoms with Crippen LogP contribution in [0, 0.1) is 13.8 Å². The van der Waals surface area contributed by atoms with Gasteiger partial charge in [-0.15, -0.1) is 0 Å². The fourth-order valence-corrected chi connectivity index (χ4v) is 5.36. The van der Waals surface area contributed by atoms with E-state index in [1.165, 1.54) is 44.5 Å². The van der Waals surface area contributed by atoms with Gasteiger partial charge in [-0.2, -0.15) is 0 Å². The third-order valence-electron chi connectivity index (χ3n) is 7.18. The first-order chi connectivity index (χ1) is 17.8. The maximum Gasteiger partial charge on any atom is 0.327 e. The lowest BCUT2D eigenvalue weighted by Gasteiger charge is -2.36. The van der Waals surface area contributed by atoms with Crippen molar-refractivity contribution in [2.24, 2.45) is 0 Å². The minimum absolute atomic E-state index is 0.0284. The molecule has 0 unspecified atom stereocenters. The van der Waals surface area contributed by atoms with Crippen LogP contribution in [0.5, 0.6) is 0 Å². The molecule has 0 saturated carbocycles. The molecule has 0 fully saturated rings. The highest BCUT2D eigenvalue weighted by Gasteiger charge is 2.34. The van der Waals surface area contributed by atoms with Gasteiger partial charge >= 0.3 is 17.2 Å². The van der Waals surface area contributed by atoms with Gasteiger partial charge in [0.25, 0.3) is 0 Å². The van der Waals surface area contributed by atoms with E-state index in [-0.39, 0.29) is 34.2 Å². The molecule has 2 rings (SSSR count). The first-order valence-corrected chi connectivity index (χ1v) is 16.1. The Morgan fingerprint density at radius 1 is 0.575 bits per heavy atom. The van der Waals surface area contributed by atoms with Crippen LogP contribution in [-0.2, 0) is 26.2 Å². The summed E-state index contributed by atoms with van der Waals surface area (Å²) in [6.45, 7) is 31.7. The topological polar surface area (TPSA) is 110 Å². The van der Waals surface area contributed by atoms with Gasteiger partial charge in [0.15, 0.2) is 0 Å². The fraction of sp³-hybridized carbons (Fsp3) is 0.625. The van der Waals surface area contributed by atoms with E-state index in [9.17, 15) is 9.79 Å². The first-order valence-electron chi connectivity index (χ1n) is 13.8. The van der Waals surface area contributed by atoms with Gasteiger partial charge in [0.1, 0.15) is 0 Å². The van der Waals surface area contributed by atoms with E-state index in [0.29, 0.717) is 0 Å². The van der Waals surface area contributed by atoms with Crippen LogP contribution in [0.15, 0.2) is 24.3 Å². The Morgan fingerprint density at radius 2 is 0.875 bits per heavy atom. The summed E-state index contributed by atoms with van der Waals surface area (Å²) in [4.78, 5) is 41.3. The molecule has 0 aliphatic heterocycles. The SMILES string of the molecule is Cc1cc(C(C)(C)C)cc(C(C)(C)C)c1C(COP(O)O)c1c(C)cc(C(C)(C)C)cc1C(C)(C)C.OP(O)O. The molecule has 0 heterocycles. The summed E-state index contributed by atoms with van der Waals surface area (Å²) in [5.74, 6) is -0.124. The van der Waals surface area contributed by atoms with E-state index in [0.717, 1.165) is 0 Å². The Morgan fingerprint density at radius 3 is 1.10 bits per heavy atom. The van der Waals surface area contributed by atoms with Crippen molar-refractivity contribution in [2.45, 2.75) is 125 Å². The van der Waals surface area contributed by atoms with E-state index in [2.05, 4.69) is 121 Å². The summed E-state index contributed by atoms with van der Waals surface area (Å²) >= 11 is 0. The lowest BCUT2D eigenvalue weighted by Crippen LogP contribution is -2.26. The second-order valence-corrected chi connectivity index (χ2v) is 16.2. The summed E-state index contributed by atoms with van der Waals surface area (Å²) < 4.78 is 5.63. The zero-order chi connectivity index (χ0) is 31.6. The van der Waals surface area contributed by atoms with Crippen molar-refractivity contribution in [3.63, 3.8) is 0 Å². The van der Waals surface area contributed by atoms with Crippen LogP contribution in [0.25, 0.3) is 0 Å². The quantitative estimate of drug-likeness (QED) is 0.224. The molecule has 0 saturated heterocycles. The molecule has 0 radical (unpaired) electrons. The average molecular weight is 597 g/mol. The zero-order valence-electron chi connectivity index (χ0n) is 27.1. The van der Waals surface area contributed by atoms with Crippen molar-refractivity contribution in [1.82, 2.24) is 0 Å². The highest BCUT2D eigenvalue weighted by atomic mass is 31.2. The fourth-order valence-electron chi connectivity index (χ4n) is 5.08. The number of benzene rings is 2. The maximum absolute atomic E-state index is 9.79. The Kier molecular flexibility index (Phi) is 12.6. The summed E-state index contributed by atoms with van der Waals surface area (Å²) in [7, 11) is -5.08. The predicted molar refractivity (Wildman–Crippen MR) is 170 cm³/mol. The largest absolute Gasteiger partial charge is 0.328 e. The molecule has 0 aliphatic carbocycles. The van der Waals surface area contributed by atoms with Gasteiger partial charge in [0, 0.05) is 5.92 Å². The molecule has 0 bridgehead atoms. The third-order valence-corrected chi connectivity index (χ3v) is 7.56. The molecule has 0 atom stereocenters. The lowest BCUT2D eigenvalue weighted by atomic mass is 9.69. The third kappa shape index (κ3) is 10.4. The Balaban J connectivity index is 0.00000187. The van der Waals surface area contributed by atoms with Crippen LogP contribution in [-0.4, -0.2) is 31.1 Å². The van der Waals surface area contributed by atoms with E-state index >= 15 is 0 Å². The summed E-state index contributed by atoms with van der Waals surface area (Å²) in [6.07, 6.45) is 0. The molecular formula is C32H54O6P2. The number of hydrogen-bond donors (Lipinski definition) is 5. The van der Waals surface area contributed by atoms with Crippen molar-refractivity contribution in [1.29, 1.82) is 0 Å². The molecular weight excluding hydrogens is 542 g/mol. The number of hydrogen-bond acceptors (Lipinski definition) is 6. The molecule has 5 N–H and O–H groups in total. The van der Waals surface area contributed by atoms with Gasteiger partial charge in [-0.3, -0.25) is 0 Å². The molecule has 0 amide bonds. The first kappa shape index (κ1) is 37.1. The van der Waals surface area contributed by atoms with Crippen LogP contribution in [0.1, 0.15) is 134 Å². The minimum Gasteiger partial charge on any atom is -0.328 e. The second kappa shape index (κ2) is 13.6. The van der Waals surface area contributed by atoms with Crippen molar-refractivity contribution in [3.8, 4) is 0 Å². The van der Waals surface area contributed by atoms with Crippen LogP contribution in [0.2, 0.25) is 0 Å². The summed E-state index contributed by atoms with van der Waals surface area (Å²) in [6, 6.07) is 9.36. The maximum atomic E-state index is 9.79. The predicted octanol–water partition coefficient (Wildman–Crippen LogP) is 8.04. The standard InChI is InChI=1S/C32H51O3P.H3O3P/c1-20-15-22(29(3,4)5)17-25(31(9,10)11)27(20)24(19-35-36(33)34)28-21(2)16-23(30(6,7)8)18-26(28)32(12,13)14;1-4(2)3/h15-18,24,33-34H,19H2,1-14H3;1-3H. The second-order valence-electron chi connectivity index (χ2n) is 14.9. The van der Waals surface area contributed by atoms with Crippen LogP contribution in [0.4, 0.5) is 0 Å². The Bertz CT molecular complexity index is 1050. The number of rotatable bonds is 5. The lowest BCUT2D eigenvalue weighted by molar-refractivity contribution is 0.245. The molecule has 0 aromatic heterocycles. The molecule has 8 heteroatoms. The van der Waals surface area contributed by atoms with Gasteiger partial charge < -0.3 is 29.0 Å². The van der Waals surface area contributed by atoms with Crippen molar-refractivity contribution in [3.05, 3.63) is 68.8 Å². The van der Waals surface area contributed by atoms with Gasteiger partial charge in [0.2, 0.25) is 0 Å². The average Bonchev–Trinajstić information content (AvgIpc) is 2.71. The van der Waals surface area contributed by atoms with Gasteiger partial charge in [0.05, 0.1) is 6.61 Å². The molecule has 2 aromatic rings. The van der Waals surface area contributed by atoms with Gasteiger partial charge in [-0.25, -0.2) is 0 Å². The highest BCUT2D eigenvalue weighted by molar-refractivity contribution is 7.39. The molecule has 0 aliphatic rings. The van der Waals surface area contributed by atoms with E-state index < -0.39 is 17.2 Å². The van der Waals surface area contributed by atoms with E-state index in [4.69, 9.17) is 19.2 Å². The smallest absolute Gasteiger partial charge is 0.327 e. The number of aryl methyl sites for hydroxylation is 2. The molecule has 2 aromatic carbocycles. The van der Waals surface area contributed by atoms with E-state index in [1.807, 2.05) is 0 Å². The van der Waals surface area contributed by atoms with Crippen LogP contribution < -0.4 is 0 Å². The normalized spacial score (nSPS) is 13.2. The van der Waals surface area contributed by atoms with Crippen molar-refractivity contribution >= 4 is 17.2 Å².